The molecule has 1 fully saturated rings. The standard InChI is InChI=1S/C33H28ClF3N4O4S2/c1-3-39(4-2)20-13-9-18(10-14-20)25-26-27(30(44)41(29(26)43)21-15-11-19(34)12-16-21)46-31-28(25)47-32(45)40(31)17-24(42)38-23-8-6-5-7-22(23)33(35,36)37/h5-16,25-27H,3-4,17H2,1-2H3,(H,38,42). The molecular formula is C33H28ClF3N4O4S2. The van der Waals surface area contributed by atoms with E-state index in [0.29, 0.717) is 26.2 Å². The molecule has 0 spiro atoms. The molecule has 2 aliphatic rings. The molecule has 6 rings (SSSR count). The van der Waals surface area contributed by atoms with Crippen molar-refractivity contribution in [3.8, 4) is 0 Å². The average Bonchev–Trinajstić information content (AvgIpc) is 3.48. The van der Waals surface area contributed by atoms with Gasteiger partial charge in [-0.1, -0.05) is 59.0 Å². The van der Waals surface area contributed by atoms with Crippen LogP contribution in [-0.2, 0) is 27.1 Å². The Balaban J connectivity index is 1.40. The van der Waals surface area contributed by atoms with Crippen LogP contribution in [0.15, 0.2) is 82.6 Å². The number of carbonyl (C=O) groups excluding carboxylic acids is 3. The van der Waals surface area contributed by atoms with Crippen molar-refractivity contribution in [2.24, 2.45) is 5.92 Å². The summed E-state index contributed by atoms with van der Waals surface area (Å²) >= 11 is 7.95. The Bertz CT molecular complexity index is 1910. The Hall–Kier alpha value is -4.07. The molecule has 0 bridgehead atoms. The number of hydrogen-bond acceptors (Lipinski definition) is 7. The number of amides is 3. The minimum Gasteiger partial charge on any atom is -0.372 e. The smallest absolute Gasteiger partial charge is 0.372 e. The minimum atomic E-state index is -4.70. The largest absolute Gasteiger partial charge is 0.418 e. The molecule has 3 atom stereocenters. The van der Waals surface area contributed by atoms with Crippen molar-refractivity contribution in [1.29, 1.82) is 0 Å². The molecule has 0 saturated carbocycles. The number of hydrogen-bond donors (Lipinski definition) is 1. The molecule has 0 radical (unpaired) electrons. The Kier molecular flexibility index (Phi) is 8.98. The van der Waals surface area contributed by atoms with E-state index in [1.165, 1.54) is 16.7 Å². The SMILES string of the molecule is CCN(CC)c1ccc(C2c3sc(=O)n(CC(=O)Nc4ccccc4C(F)(F)F)c3SC3C(=O)N(c4ccc(Cl)cc4)C(=O)C32)cc1. The van der Waals surface area contributed by atoms with Gasteiger partial charge in [0.2, 0.25) is 17.7 Å². The van der Waals surface area contributed by atoms with E-state index in [-0.39, 0.29) is 0 Å². The highest BCUT2D eigenvalue weighted by Gasteiger charge is 2.56. The van der Waals surface area contributed by atoms with Gasteiger partial charge in [0.15, 0.2) is 0 Å². The fraction of sp³-hybridized carbons (Fsp3) is 0.273. The second-order valence-electron chi connectivity index (χ2n) is 11.0. The van der Waals surface area contributed by atoms with Gasteiger partial charge in [0.1, 0.15) is 11.8 Å². The molecule has 14 heteroatoms. The Morgan fingerprint density at radius 3 is 2.23 bits per heavy atom. The van der Waals surface area contributed by atoms with Gasteiger partial charge in [-0.3, -0.25) is 23.7 Å². The van der Waals surface area contributed by atoms with Crippen LogP contribution in [0.5, 0.6) is 0 Å². The molecule has 3 amide bonds. The molecule has 8 nitrogen and oxygen atoms in total. The van der Waals surface area contributed by atoms with Crippen LogP contribution in [-0.4, -0.2) is 40.6 Å². The Morgan fingerprint density at radius 2 is 1.60 bits per heavy atom. The van der Waals surface area contributed by atoms with Crippen LogP contribution in [0.1, 0.15) is 35.8 Å². The number of nitrogens with one attached hydrogen (secondary N) is 1. The fourth-order valence-corrected chi connectivity index (χ4v) is 9.01. The van der Waals surface area contributed by atoms with Crippen molar-refractivity contribution >= 4 is 69.5 Å². The van der Waals surface area contributed by atoms with Crippen molar-refractivity contribution in [3.63, 3.8) is 0 Å². The normalized spacial score (nSPS) is 19.0. The highest BCUT2D eigenvalue weighted by Crippen LogP contribution is 2.54. The van der Waals surface area contributed by atoms with E-state index in [1.807, 2.05) is 38.1 Å². The van der Waals surface area contributed by atoms with Crippen LogP contribution in [0.2, 0.25) is 5.02 Å². The average molecular weight is 701 g/mol. The lowest BCUT2D eigenvalue weighted by molar-refractivity contribution is -0.137. The molecule has 3 aromatic carbocycles. The zero-order chi connectivity index (χ0) is 33.6. The lowest BCUT2D eigenvalue weighted by atomic mass is 9.83. The van der Waals surface area contributed by atoms with Crippen molar-refractivity contribution in [2.45, 2.75) is 42.8 Å². The van der Waals surface area contributed by atoms with E-state index in [0.717, 1.165) is 58.9 Å². The molecule has 3 heterocycles. The predicted molar refractivity (Wildman–Crippen MR) is 178 cm³/mol. The maximum absolute atomic E-state index is 14.1. The van der Waals surface area contributed by atoms with E-state index >= 15 is 0 Å². The summed E-state index contributed by atoms with van der Waals surface area (Å²) in [6, 6.07) is 18.5. The number of imide groups is 1. The highest BCUT2D eigenvalue weighted by atomic mass is 35.5. The van der Waals surface area contributed by atoms with Crippen molar-refractivity contribution in [2.75, 3.05) is 28.2 Å². The van der Waals surface area contributed by atoms with Crippen molar-refractivity contribution < 1.29 is 27.6 Å². The van der Waals surface area contributed by atoms with Crippen molar-refractivity contribution in [3.05, 3.63) is 103 Å². The second kappa shape index (κ2) is 12.9. The number of thiazole rings is 1. The quantitative estimate of drug-likeness (QED) is 0.202. The summed E-state index contributed by atoms with van der Waals surface area (Å²) in [5, 5.41) is 2.13. The van der Waals surface area contributed by atoms with Gasteiger partial charge in [0, 0.05) is 34.6 Å². The zero-order valence-corrected chi connectivity index (χ0v) is 27.5. The number of thioether (sulfide) groups is 1. The summed E-state index contributed by atoms with van der Waals surface area (Å²) in [6.07, 6.45) is -4.70. The molecular weight excluding hydrogens is 673 g/mol. The first-order valence-electron chi connectivity index (χ1n) is 14.8. The first-order chi connectivity index (χ1) is 22.4. The molecule has 244 valence electrons. The van der Waals surface area contributed by atoms with Gasteiger partial charge in [-0.25, -0.2) is 4.90 Å². The first-order valence-corrected chi connectivity index (χ1v) is 16.8. The van der Waals surface area contributed by atoms with Crippen LogP contribution >= 0.6 is 34.7 Å². The molecule has 47 heavy (non-hydrogen) atoms. The third-order valence-electron chi connectivity index (χ3n) is 8.32. The molecule has 2 aliphatic heterocycles. The highest BCUT2D eigenvalue weighted by molar-refractivity contribution is 8.00. The Morgan fingerprint density at radius 1 is 0.936 bits per heavy atom. The molecule has 1 N–H and O–H groups in total. The van der Waals surface area contributed by atoms with E-state index in [4.69, 9.17) is 11.6 Å². The van der Waals surface area contributed by atoms with Gasteiger partial charge in [-0.15, -0.1) is 0 Å². The van der Waals surface area contributed by atoms with E-state index < -0.39 is 63.7 Å². The van der Waals surface area contributed by atoms with E-state index in [2.05, 4.69) is 10.2 Å². The molecule has 1 saturated heterocycles. The van der Waals surface area contributed by atoms with Gasteiger partial charge < -0.3 is 10.2 Å². The number of carbonyl (C=O) groups is 3. The third-order valence-corrected chi connectivity index (χ3v) is 11.2. The fourth-order valence-electron chi connectivity index (χ4n) is 6.11. The number of aromatic nitrogens is 1. The van der Waals surface area contributed by atoms with Crippen LogP contribution < -0.4 is 20.0 Å². The number of fused-ring (bicyclic) bond motifs is 2. The van der Waals surface area contributed by atoms with Crippen LogP contribution in [0.3, 0.4) is 0 Å². The third kappa shape index (κ3) is 6.07. The van der Waals surface area contributed by atoms with Gasteiger partial charge in [-0.2, -0.15) is 13.2 Å². The van der Waals surface area contributed by atoms with Gasteiger partial charge in [-0.05, 0) is 67.9 Å². The monoisotopic (exact) mass is 700 g/mol. The maximum atomic E-state index is 14.1. The number of rotatable bonds is 8. The van der Waals surface area contributed by atoms with Crippen LogP contribution in [0, 0.1) is 5.92 Å². The first kappa shape index (κ1) is 32.9. The number of halogens is 4. The summed E-state index contributed by atoms with van der Waals surface area (Å²) in [5.41, 5.74) is 0.595. The molecule has 0 aliphatic carbocycles. The number of anilines is 3. The number of benzene rings is 3. The maximum Gasteiger partial charge on any atom is 0.418 e. The summed E-state index contributed by atoms with van der Waals surface area (Å²) in [4.78, 5) is 57.9. The zero-order valence-electron chi connectivity index (χ0n) is 25.1. The molecule has 3 unspecified atom stereocenters. The second-order valence-corrected chi connectivity index (χ2v) is 13.6. The summed E-state index contributed by atoms with van der Waals surface area (Å²) < 4.78 is 41.9. The molecule has 1 aromatic heterocycles. The molecule has 4 aromatic rings. The summed E-state index contributed by atoms with van der Waals surface area (Å²) in [7, 11) is 0. The van der Waals surface area contributed by atoms with Gasteiger partial charge in [0.05, 0.1) is 27.9 Å². The van der Waals surface area contributed by atoms with Crippen LogP contribution in [0.25, 0.3) is 0 Å². The topological polar surface area (TPSA) is 91.7 Å². The summed E-state index contributed by atoms with van der Waals surface area (Å²) in [6.45, 7) is 5.07. The number of para-hydroxylation sites is 1. The van der Waals surface area contributed by atoms with Crippen molar-refractivity contribution in [1.82, 2.24) is 4.57 Å². The number of nitrogens with zero attached hydrogens (tertiary/aromatic N) is 3. The minimum absolute atomic E-state index is 0.331. The summed E-state index contributed by atoms with van der Waals surface area (Å²) in [5.74, 6) is -3.29. The Labute approximate surface area is 281 Å². The van der Waals surface area contributed by atoms with Gasteiger partial charge >= 0.3 is 11.0 Å². The predicted octanol–water partition coefficient (Wildman–Crippen LogP) is 6.86. The lowest BCUT2D eigenvalue weighted by Crippen LogP contribution is -2.33. The van der Waals surface area contributed by atoms with Crippen LogP contribution in [0.4, 0.5) is 30.2 Å². The van der Waals surface area contributed by atoms with Gasteiger partial charge in [0.25, 0.3) is 0 Å². The lowest BCUT2D eigenvalue weighted by Gasteiger charge is -2.31. The van der Waals surface area contributed by atoms with E-state index in [9.17, 15) is 32.3 Å². The number of alkyl halides is 3. The van der Waals surface area contributed by atoms with E-state index in [1.54, 1.807) is 24.3 Å².